The van der Waals surface area contributed by atoms with Crippen LogP contribution in [0.25, 0.3) is 0 Å². The van der Waals surface area contributed by atoms with Crippen molar-refractivity contribution in [3.8, 4) is 5.75 Å². The molecule has 0 bridgehead atoms. The SMILES string of the molecule is COc1ccc(NC(=O)CCNc2cc(Cl)cc(Cl)c2)cc1. The fourth-order valence-electron chi connectivity index (χ4n) is 1.87. The van der Waals surface area contributed by atoms with E-state index < -0.39 is 0 Å². The molecule has 0 heterocycles. The molecular weight excluding hydrogens is 323 g/mol. The van der Waals surface area contributed by atoms with Crippen LogP contribution in [0.2, 0.25) is 10.0 Å². The van der Waals surface area contributed by atoms with E-state index in [0.29, 0.717) is 23.0 Å². The predicted octanol–water partition coefficient (Wildman–Crippen LogP) is 4.44. The van der Waals surface area contributed by atoms with Crippen molar-refractivity contribution in [1.82, 2.24) is 0 Å². The van der Waals surface area contributed by atoms with Gasteiger partial charge in [0.05, 0.1) is 7.11 Å². The Morgan fingerprint density at radius 1 is 1.05 bits per heavy atom. The van der Waals surface area contributed by atoms with Crippen molar-refractivity contribution >= 4 is 40.5 Å². The minimum absolute atomic E-state index is 0.0780. The van der Waals surface area contributed by atoms with Gasteiger partial charge in [0.1, 0.15) is 5.75 Å². The number of methoxy groups -OCH3 is 1. The summed E-state index contributed by atoms with van der Waals surface area (Å²) in [5.41, 5.74) is 1.52. The van der Waals surface area contributed by atoms with Crippen LogP contribution in [-0.2, 0) is 4.79 Å². The third kappa shape index (κ3) is 5.13. The Morgan fingerprint density at radius 2 is 1.68 bits per heavy atom. The van der Waals surface area contributed by atoms with Crippen molar-refractivity contribution in [1.29, 1.82) is 0 Å². The summed E-state index contributed by atoms with van der Waals surface area (Å²) >= 11 is 11.8. The van der Waals surface area contributed by atoms with Crippen LogP contribution in [0.15, 0.2) is 42.5 Å². The highest BCUT2D eigenvalue weighted by atomic mass is 35.5. The highest BCUT2D eigenvalue weighted by molar-refractivity contribution is 6.35. The molecule has 0 radical (unpaired) electrons. The summed E-state index contributed by atoms with van der Waals surface area (Å²) in [6.45, 7) is 0.485. The summed E-state index contributed by atoms with van der Waals surface area (Å²) in [7, 11) is 1.60. The fraction of sp³-hybridized carbons (Fsp3) is 0.188. The zero-order chi connectivity index (χ0) is 15.9. The Morgan fingerprint density at radius 3 is 2.27 bits per heavy atom. The van der Waals surface area contributed by atoms with Crippen molar-refractivity contribution in [3.05, 3.63) is 52.5 Å². The number of benzene rings is 2. The Bertz CT molecular complexity index is 625. The van der Waals surface area contributed by atoms with Crippen molar-refractivity contribution in [2.75, 3.05) is 24.3 Å². The van der Waals surface area contributed by atoms with Crippen LogP contribution in [0.1, 0.15) is 6.42 Å². The van der Waals surface area contributed by atoms with Gasteiger partial charge < -0.3 is 15.4 Å². The minimum Gasteiger partial charge on any atom is -0.497 e. The van der Waals surface area contributed by atoms with E-state index in [-0.39, 0.29) is 5.91 Å². The maximum Gasteiger partial charge on any atom is 0.226 e. The average molecular weight is 339 g/mol. The molecule has 0 atom stereocenters. The quantitative estimate of drug-likeness (QED) is 0.818. The van der Waals surface area contributed by atoms with E-state index in [0.717, 1.165) is 17.1 Å². The van der Waals surface area contributed by atoms with Crippen LogP contribution in [0.4, 0.5) is 11.4 Å². The molecule has 0 spiro atoms. The van der Waals surface area contributed by atoms with Gasteiger partial charge in [-0.1, -0.05) is 23.2 Å². The van der Waals surface area contributed by atoms with Gasteiger partial charge in [-0.2, -0.15) is 0 Å². The maximum atomic E-state index is 11.9. The van der Waals surface area contributed by atoms with Crippen molar-refractivity contribution in [2.45, 2.75) is 6.42 Å². The summed E-state index contributed by atoms with van der Waals surface area (Å²) in [5, 5.41) is 7.03. The number of rotatable bonds is 6. The minimum atomic E-state index is -0.0780. The Balaban J connectivity index is 1.79. The molecule has 2 rings (SSSR count). The number of carbonyl (C=O) groups is 1. The van der Waals surface area contributed by atoms with Gasteiger partial charge in [-0.25, -0.2) is 0 Å². The van der Waals surface area contributed by atoms with E-state index in [2.05, 4.69) is 10.6 Å². The normalized spacial score (nSPS) is 10.1. The molecule has 0 aliphatic heterocycles. The van der Waals surface area contributed by atoms with E-state index in [1.807, 2.05) is 0 Å². The highest BCUT2D eigenvalue weighted by Crippen LogP contribution is 2.22. The summed E-state index contributed by atoms with van der Waals surface area (Å²) in [4.78, 5) is 11.9. The lowest BCUT2D eigenvalue weighted by Crippen LogP contribution is -2.16. The van der Waals surface area contributed by atoms with Crippen LogP contribution in [-0.4, -0.2) is 19.6 Å². The predicted molar refractivity (Wildman–Crippen MR) is 91.2 cm³/mol. The molecule has 0 fully saturated rings. The molecule has 2 aromatic rings. The van der Waals surface area contributed by atoms with Gasteiger partial charge in [0.15, 0.2) is 0 Å². The maximum absolute atomic E-state index is 11.9. The van der Waals surface area contributed by atoms with Gasteiger partial charge in [-0.3, -0.25) is 4.79 Å². The molecule has 116 valence electrons. The molecule has 0 aromatic heterocycles. The van der Waals surface area contributed by atoms with Gasteiger partial charge in [-0.05, 0) is 42.5 Å². The first kappa shape index (κ1) is 16.5. The summed E-state index contributed by atoms with van der Waals surface area (Å²) in [6.07, 6.45) is 0.330. The van der Waals surface area contributed by atoms with Gasteiger partial charge >= 0.3 is 0 Å². The van der Waals surface area contributed by atoms with E-state index in [4.69, 9.17) is 27.9 Å². The van der Waals surface area contributed by atoms with Crippen molar-refractivity contribution in [2.24, 2.45) is 0 Å². The molecule has 4 nitrogen and oxygen atoms in total. The second-order valence-corrected chi connectivity index (χ2v) is 5.48. The van der Waals surface area contributed by atoms with Crippen LogP contribution < -0.4 is 15.4 Å². The van der Waals surface area contributed by atoms with E-state index >= 15 is 0 Å². The molecule has 0 aliphatic rings. The van der Waals surface area contributed by atoms with Gasteiger partial charge in [-0.15, -0.1) is 0 Å². The molecule has 1 amide bonds. The second kappa shape index (κ2) is 7.92. The Kier molecular flexibility index (Phi) is 5.92. The number of anilines is 2. The molecule has 22 heavy (non-hydrogen) atoms. The van der Waals surface area contributed by atoms with Gasteiger partial charge in [0.2, 0.25) is 5.91 Å². The van der Waals surface area contributed by atoms with Crippen LogP contribution in [0, 0.1) is 0 Å². The monoisotopic (exact) mass is 338 g/mol. The molecule has 2 N–H and O–H groups in total. The molecule has 0 saturated carbocycles. The lowest BCUT2D eigenvalue weighted by molar-refractivity contribution is -0.115. The fourth-order valence-corrected chi connectivity index (χ4v) is 2.40. The molecular formula is C16H16Cl2N2O2. The standard InChI is InChI=1S/C16H16Cl2N2O2/c1-22-15-4-2-13(3-5-15)20-16(21)6-7-19-14-9-11(17)8-12(18)10-14/h2-5,8-10,19H,6-7H2,1H3,(H,20,21). The van der Waals surface area contributed by atoms with E-state index in [1.165, 1.54) is 0 Å². The van der Waals surface area contributed by atoms with E-state index in [1.54, 1.807) is 49.6 Å². The number of carbonyl (C=O) groups excluding carboxylic acids is 1. The zero-order valence-corrected chi connectivity index (χ0v) is 13.5. The highest BCUT2D eigenvalue weighted by Gasteiger charge is 2.03. The van der Waals surface area contributed by atoms with Crippen LogP contribution >= 0.6 is 23.2 Å². The number of hydrogen-bond acceptors (Lipinski definition) is 3. The Labute approximate surface area is 139 Å². The summed E-state index contributed by atoms with van der Waals surface area (Å²) in [6, 6.07) is 12.3. The van der Waals surface area contributed by atoms with Crippen molar-refractivity contribution < 1.29 is 9.53 Å². The molecule has 0 saturated heterocycles. The molecule has 2 aromatic carbocycles. The largest absolute Gasteiger partial charge is 0.497 e. The van der Waals surface area contributed by atoms with Gasteiger partial charge in [0.25, 0.3) is 0 Å². The molecule has 0 aliphatic carbocycles. The van der Waals surface area contributed by atoms with Crippen LogP contribution in [0.5, 0.6) is 5.75 Å². The number of hydrogen-bond donors (Lipinski definition) is 2. The van der Waals surface area contributed by atoms with Crippen molar-refractivity contribution in [3.63, 3.8) is 0 Å². The lowest BCUT2D eigenvalue weighted by atomic mass is 10.2. The second-order valence-electron chi connectivity index (χ2n) is 4.61. The number of halogens is 2. The third-order valence-electron chi connectivity index (χ3n) is 2.92. The summed E-state index contributed by atoms with van der Waals surface area (Å²) < 4.78 is 5.06. The molecule has 0 unspecified atom stereocenters. The first-order chi connectivity index (χ1) is 10.6. The van der Waals surface area contributed by atoms with Gasteiger partial charge in [0, 0.05) is 34.4 Å². The third-order valence-corrected chi connectivity index (χ3v) is 3.35. The molecule has 6 heteroatoms. The topological polar surface area (TPSA) is 50.4 Å². The number of amides is 1. The zero-order valence-electron chi connectivity index (χ0n) is 12.0. The van der Waals surface area contributed by atoms with E-state index in [9.17, 15) is 4.79 Å². The smallest absolute Gasteiger partial charge is 0.226 e. The Hall–Kier alpha value is -1.91. The van der Waals surface area contributed by atoms with Crippen LogP contribution in [0.3, 0.4) is 0 Å². The number of ether oxygens (including phenoxy) is 1. The lowest BCUT2D eigenvalue weighted by Gasteiger charge is -2.09. The average Bonchev–Trinajstić information content (AvgIpc) is 2.47. The number of nitrogens with one attached hydrogen (secondary N) is 2. The summed E-state index contributed by atoms with van der Waals surface area (Å²) in [5.74, 6) is 0.670. The first-order valence-electron chi connectivity index (χ1n) is 6.70. The first-order valence-corrected chi connectivity index (χ1v) is 7.46.